The summed E-state index contributed by atoms with van der Waals surface area (Å²) in [6.45, 7) is 2.37. The van der Waals surface area contributed by atoms with Crippen LogP contribution in [0, 0.1) is 0 Å². The number of ether oxygens (including phenoxy) is 2. The molecule has 0 atom stereocenters. The Balaban J connectivity index is 1.64. The van der Waals surface area contributed by atoms with Crippen LogP contribution in [0.1, 0.15) is 31.9 Å². The average molecular weight is 401 g/mol. The Labute approximate surface area is 167 Å². The lowest BCUT2D eigenvalue weighted by atomic mass is 10.2. The number of carbonyl (C=O) groups is 3. The van der Waals surface area contributed by atoms with E-state index in [1.807, 2.05) is 24.3 Å². The lowest BCUT2D eigenvalue weighted by Gasteiger charge is -2.12. The summed E-state index contributed by atoms with van der Waals surface area (Å²) >= 11 is 0. The zero-order chi connectivity index (χ0) is 20.8. The molecule has 1 fully saturated rings. The Hall–Kier alpha value is -3.23. The number of esters is 1. The second-order valence-electron chi connectivity index (χ2n) is 6.68. The minimum absolute atomic E-state index is 0.0912. The van der Waals surface area contributed by atoms with E-state index in [2.05, 4.69) is 16.6 Å². The molecule has 0 radical (unpaired) electrons. The third kappa shape index (κ3) is 4.79. The van der Waals surface area contributed by atoms with Gasteiger partial charge >= 0.3 is 12.1 Å². The molecule has 2 amide bonds. The fourth-order valence-corrected chi connectivity index (χ4v) is 3.08. The Morgan fingerprint density at radius 3 is 2.76 bits per heavy atom. The van der Waals surface area contributed by atoms with E-state index in [1.54, 1.807) is 4.57 Å². The van der Waals surface area contributed by atoms with Crippen molar-refractivity contribution in [3.8, 4) is 0 Å². The van der Waals surface area contributed by atoms with Gasteiger partial charge in [0.15, 0.2) is 6.61 Å². The highest BCUT2D eigenvalue weighted by molar-refractivity contribution is 5.94. The van der Waals surface area contributed by atoms with Gasteiger partial charge in [-0.15, -0.1) is 0 Å². The average Bonchev–Trinajstić information content (AvgIpc) is 3.16. The van der Waals surface area contributed by atoms with Crippen LogP contribution in [-0.4, -0.2) is 52.2 Å². The number of benzene rings is 1. The van der Waals surface area contributed by atoms with E-state index >= 15 is 0 Å². The molecule has 3 rings (SSSR count). The maximum absolute atomic E-state index is 12.8. The topological polar surface area (TPSA) is 108 Å². The number of aromatic nitrogens is 2. The van der Waals surface area contributed by atoms with E-state index in [0.717, 1.165) is 23.3 Å². The van der Waals surface area contributed by atoms with E-state index in [4.69, 9.17) is 4.74 Å². The molecule has 9 nitrogen and oxygen atoms in total. The van der Waals surface area contributed by atoms with E-state index in [0.29, 0.717) is 12.1 Å². The van der Waals surface area contributed by atoms with Crippen LogP contribution in [0.5, 0.6) is 0 Å². The SMILES string of the molecule is CCCCn1c(=O)c(CCC(=O)OCC(=O)N2CCOC2=O)nc2ccccc21. The summed E-state index contributed by atoms with van der Waals surface area (Å²) in [6.07, 6.45) is 1.08. The van der Waals surface area contributed by atoms with E-state index in [1.165, 1.54) is 0 Å². The molecule has 1 saturated heterocycles. The number of amides is 2. The predicted molar refractivity (Wildman–Crippen MR) is 103 cm³/mol. The van der Waals surface area contributed by atoms with Gasteiger partial charge in [0.1, 0.15) is 12.3 Å². The number of unbranched alkanes of at least 4 members (excludes halogenated alkanes) is 1. The maximum atomic E-state index is 12.8. The number of carbonyl (C=O) groups excluding carboxylic acids is 3. The van der Waals surface area contributed by atoms with Crippen LogP contribution in [0.25, 0.3) is 11.0 Å². The molecule has 0 aliphatic carbocycles. The highest BCUT2D eigenvalue weighted by Gasteiger charge is 2.28. The minimum Gasteiger partial charge on any atom is -0.456 e. The number of rotatable bonds is 8. The Morgan fingerprint density at radius 2 is 2.03 bits per heavy atom. The second kappa shape index (κ2) is 9.31. The highest BCUT2D eigenvalue weighted by Crippen LogP contribution is 2.12. The molecular formula is C20H23N3O6. The summed E-state index contributed by atoms with van der Waals surface area (Å²) in [7, 11) is 0. The van der Waals surface area contributed by atoms with Gasteiger partial charge in [-0.3, -0.25) is 14.4 Å². The van der Waals surface area contributed by atoms with Crippen LogP contribution in [0.15, 0.2) is 29.1 Å². The standard InChI is InChI=1S/C20H23N3O6/c1-2-3-10-22-16-7-5-4-6-14(16)21-15(19(22)26)8-9-18(25)29-13-17(24)23-11-12-28-20(23)27/h4-7H,2-3,8-13H2,1H3. The summed E-state index contributed by atoms with van der Waals surface area (Å²) in [5, 5.41) is 0. The fourth-order valence-electron chi connectivity index (χ4n) is 3.08. The normalized spacial score (nSPS) is 13.6. The first kappa shape index (κ1) is 20.5. The van der Waals surface area contributed by atoms with Crippen molar-refractivity contribution in [3.63, 3.8) is 0 Å². The van der Waals surface area contributed by atoms with Gasteiger partial charge in [-0.1, -0.05) is 25.5 Å². The number of aryl methyl sites for hydroxylation is 2. The van der Waals surface area contributed by atoms with Crippen LogP contribution < -0.4 is 5.56 Å². The Bertz CT molecular complexity index is 984. The maximum Gasteiger partial charge on any atom is 0.416 e. The van der Waals surface area contributed by atoms with E-state index < -0.39 is 24.6 Å². The first-order valence-electron chi connectivity index (χ1n) is 9.62. The van der Waals surface area contributed by atoms with Gasteiger partial charge in [0.25, 0.3) is 11.5 Å². The summed E-state index contributed by atoms with van der Waals surface area (Å²) in [6, 6.07) is 7.38. The molecule has 2 aromatic rings. The summed E-state index contributed by atoms with van der Waals surface area (Å²) in [4.78, 5) is 53.3. The second-order valence-corrected chi connectivity index (χ2v) is 6.68. The fraction of sp³-hybridized carbons (Fsp3) is 0.450. The van der Waals surface area contributed by atoms with Crippen LogP contribution >= 0.6 is 0 Å². The van der Waals surface area contributed by atoms with Gasteiger partial charge in [0, 0.05) is 13.0 Å². The van der Waals surface area contributed by atoms with Gasteiger partial charge in [-0.05, 0) is 18.6 Å². The molecule has 0 bridgehead atoms. The molecule has 29 heavy (non-hydrogen) atoms. The lowest BCUT2D eigenvalue weighted by Crippen LogP contribution is -2.35. The zero-order valence-corrected chi connectivity index (χ0v) is 16.3. The van der Waals surface area contributed by atoms with Crippen LogP contribution in [0.2, 0.25) is 0 Å². The monoisotopic (exact) mass is 401 g/mol. The highest BCUT2D eigenvalue weighted by atomic mass is 16.6. The molecule has 0 N–H and O–H groups in total. The zero-order valence-electron chi connectivity index (χ0n) is 16.3. The molecule has 2 heterocycles. The molecule has 1 aliphatic heterocycles. The van der Waals surface area contributed by atoms with Crippen molar-refractivity contribution in [1.29, 1.82) is 0 Å². The number of cyclic esters (lactones) is 1. The molecule has 1 aromatic carbocycles. The Kier molecular flexibility index (Phi) is 6.58. The third-order valence-corrected chi connectivity index (χ3v) is 4.64. The van der Waals surface area contributed by atoms with Crippen molar-refractivity contribution in [2.45, 2.75) is 39.2 Å². The molecule has 0 saturated carbocycles. The van der Waals surface area contributed by atoms with Crippen molar-refractivity contribution in [3.05, 3.63) is 40.3 Å². The number of hydrogen-bond acceptors (Lipinski definition) is 7. The van der Waals surface area contributed by atoms with Crippen LogP contribution in [0.3, 0.4) is 0 Å². The van der Waals surface area contributed by atoms with Crippen LogP contribution in [0.4, 0.5) is 4.79 Å². The van der Waals surface area contributed by atoms with Crippen LogP contribution in [-0.2, 0) is 32.0 Å². The summed E-state index contributed by atoms with van der Waals surface area (Å²) in [5.41, 5.74) is 1.52. The quantitative estimate of drug-likeness (QED) is 0.619. The van der Waals surface area contributed by atoms with Crippen molar-refractivity contribution in [2.75, 3.05) is 19.8 Å². The number of fused-ring (bicyclic) bond motifs is 1. The number of nitrogens with zero attached hydrogens (tertiary/aromatic N) is 3. The lowest BCUT2D eigenvalue weighted by molar-refractivity contribution is -0.150. The van der Waals surface area contributed by atoms with Crippen molar-refractivity contribution < 1.29 is 23.9 Å². The Morgan fingerprint density at radius 1 is 1.24 bits per heavy atom. The third-order valence-electron chi connectivity index (χ3n) is 4.64. The molecule has 1 aromatic heterocycles. The molecule has 9 heteroatoms. The van der Waals surface area contributed by atoms with Crippen molar-refractivity contribution in [1.82, 2.24) is 14.5 Å². The summed E-state index contributed by atoms with van der Waals surface area (Å²) < 4.78 is 11.3. The smallest absolute Gasteiger partial charge is 0.416 e. The van der Waals surface area contributed by atoms with Gasteiger partial charge < -0.3 is 14.0 Å². The van der Waals surface area contributed by atoms with E-state index in [9.17, 15) is 19.2 Å². The largest absolute Gasteiger partial charge is 0.456 e. The summed E-state index contributed by atoms with van der Waals surface area (Å²) in [5.74, 6) is -1.27. The molecule has 0 spiro atoms. The molecular weight excluding hydrogens is 378 g/mol. The van der Waals surface area contributed by atoms with E-state index in [-0.39, 0.29) is 37.2 Å². The molecule has 0 unspecified atom stereocenters. The first-order valence-corrected chi connectivity index (χ1v) is 9.62. The van der Waals surface area contributed by atoms with Crippen molar-refractivity contribution in [2.24, 2.45) is 0 Å². The predicted octanol–water partition coefficient (Wildman–Crippen LogP) is 1.65. The van der Waals surface area contributed by atoms with Gasteiger partial charge in [0.05, 0.1) is 24.0 Å². The van der Waals surface area contributed by atoms with Gasteiger partial charge in [-0.25, -0.2) is 14.7 Å². The molecule has 1 aliphatic rings. The van der Waals surface area contributed by atoms with Crippen molar-refractivity contribution >= 4 is 29.0 Å². The number of para-hydroxylation sites is 2. The minimum atomic E-state index is -0.737. The number of hydrogen-bond donors (Lipinski definition) is 0. The first-order chi connectivity index (χ1) is 14.0. The van der Waals surface area contributed by atoms with Gasteiger partial charge in [0.2, 0.25) is 0 Å². The van der Waals surface area contributed by atoms with Gasteiger partial charge in [-0.2, -0.15) is 0 Å². The molecule has 154 valence electrons. The number of imide groups is 1.